The van der Waals surface area contributed by atoms with Crippen molar-refractivity contribution in [3.8, 4) is 11.5 Å². The number of carbonyl (C=O) groups excluding carboxylic acids is 2. The molecular weight excluding hydrogens is 387 g/mol. The van der Waals surface area contributed by atoms with Gasteiger partial charge in [-0.2, -0.15) is 0 Å². The molecule has 0 atom stereocenters. The Hall–Kier alpha value is -3.09. The molecule has 1 heterocycles. The highest BCUT2D eigenvalue weighted by molar-refractivity contribution is 5.95. The molecule has 0 bridgehead atoms. The molecule has 2 aromatic carbocycles. The van der Waals surface area contributed by atoms with Gasteiger partial charge in [-0.1, -0.05) is 12.1 Å². The highest BCUT2D eigenvalue weighted by Crippen LogP contribution is 2.28. The number of methoxy groups -OCH3 is 2. The number of halogens is 1. The Morgan fingerprint density at radius 3 is 2.47 bits per heavy atom. The van der Waals surface area contributed by atoms with Gasteiger partial charge < -0.3 is 19.7 Å². The number of rotatable bonds is 7. The molecule has 0 unspecified atom stereocenters. The van der Waals surface area contributed by atoms with Gasteiger partial charge in [0.2, 0.25) is 5.91 Å². The van der Waals surface area contributed by atoms with Crippen LogP contribution in [0.4, 0.5) is 4.39 Å². The highest BCUT2D eigenvalue weighted by atomic mass is 19.1. The van der Waals surface area contributed by atoms with Gasteiger partial charge >= 0.3 is 0 Å². The van der Waals surface area contributed by atoms with Crippen molar-refractivity contribution in [1.82, 2.24) is 10.2 Å². The van der Waals surface area contributed by atoms with E-state index < -0.39 is 0 Å². The zero-order valence-electron chi connectivity index (χ0n) is 17.3. The second kappa shape index (κ2) is 10.1. The number of piperidine rings is 1. The van der Waals surface area contributed by atoms with Crippen molar-refractivity contribution in [2.24, 2.45) is 5.92 Å². The van der Waals surface area contributed by atoms with E-state index in [1.165, 1.54) is 12.1 Å². The molecule has 0 spiro atoms. The molecule has 7 heteroatoms. The van der Waals surface area contributed by atoms with Crippen LogP contribution in [0.1, 0.15) is 28.8 Å². The number of likely N-dealkylation sites (tertiary alicyclic amines) is 1. The average Bonchev–Trinajstić information content (AvgIpc) is 2.77. The molecule has 6 nitrogen and oxygen atoms in total. The second-order valence-corrected chi connectivity index (χ2v) is 7.42. The van der Waals surface area contributed by atoms with Gasteiger partial charge in [0.1, 0.15) is 5.82 Å². The molecule has 0 radical (unpaired) electrons. The van der Waals surface area contributed by atoms with Gasteiger partial charge in [0, 0.05) is 25.2 Å². The Morgan fingerprint density at radius 2 is 1.80 bits per heavy atom. The van der Waals surface area contributed by atoms with Crippen molar-refractivity contribution in [2.75, 3.05) is 33.9 Å². The Labute approximate surface area is 176 Å². The Balaban J connectivity index is 1.46. The van der Waals surface area contributed by atoms with Gasteiger partial charge in [0.05, 0.1) is 20.6 Å². The van der Waals surface area contributed by atoms with Gasteiger partial charge in [0.15, 0.2) is 11.5 Å². The van der Waals surface area contributed by atoms with Crippen molar-refractivity contribution >= 4 is 11.8 Å². The summed E-state index contributed by atoms with van der Waals surface area (Å²) in [5.41, 5.74) is 1.22. The van der Waals surface area contributed by atoms with Crippen molar-refractivity contribution in [1.29, 1.82) is 0 Å². The number of carbonyl (C=O) groups is 2. The van der Waals surface area contributed by atoms with Gasteiger partial charge in [-0.25, -0.2) is 4.39 Å². The molecule has 3 rings (SSSR count). The summed E-state index contributed by atoms with van der Waals surface area (Å²) in [6.07, 6.45) is 1.80. The maximum atomic E-state index is 13.2. The van der Waals surface area contributed by atoms with E-state index in [1.54, 1.807) is 44.6 Å². The molecule has 30 heavy (non-hydrogen) atoms. The molecule has 1 fully saturated rings. The molecule has 2 amide bonds. The Morgan fingerprint density at radius 1 is 1.07 bits per heavy atom. The van der Waals surface area contributed by atoms with E-state index in [9.17, 15) is 14.0 Å². The average molecular weight is 414 g/mol. The van der Waals surface area contributed by atoms with E-state index in [-0.39, 0.29) is 24.1 Å². The first kappa shape index (κ1) is 21.6. The lowest BCUT2D eigenvalue weighted by Gasteiger charge is -2.32. The van der Waals surface area contributed by atoms with Gasteiger partial charge in [0.25, 0.3) is 5.91 Å². The summed E-state index contributed by atoms with van der Waals surface area (Å²) >= 11 is 0. The van der Waals surface area contributed by atoms with Gasteiger partial charge in [-0.15, -0.1) is 0 Å². The molecule has 1 saturated heterocycles. The number of amides is 2. The summed E-state index contributed by atoms with van der Waals surface area (Å²) in [6, 6.07) is 11.2. The SMILES string of the molecule is COc1ccc(C(=O)N2CCC(CNC(=O)Cc3cccc(F)c3)CC2)cc1OC. The maximum absolute atomic E-state index is 13.2. The molecule has 1 aliphatic heterocycles. The van der Waals surface area contributed by atoms with Crippen LogP contribution in [-0.2, 0) is 11.2 Å². The molecule has 0 aliphatic carbocycles. The number of nitrogens with zero attached hydrogens (tertiary/aromatic N) is 1. The standard InChI is InChI=1S/C23H27FN2O4/c1-29-20-7-6-18(14-21(20)30-2)23(28)26-10-8-16(9-11-26)15-25-22(27)13-17-4-3-5-19(24)12-17/h3-7,12,14,16H,8-11,13,15H2,1-2H3,(H,25,27). The smallest absolute Gasteiger partial charge is 0.253 e. The van der Waals surface area contributed by atoms with Crippen molar-refractivity contribution in [3.05, 3.63) is 59.4 Å². The number of benzene rings is 2. The summed E-state index contributed by atoms with van der Waals surface area (Å²) in [7, 11) is 3.10. The zero-order valence-corrected chi connectivity index (χ0v) is 17.3. The highest BCUT2D eigenvalue weighted by Gasteiger charge is 2.24. The van der Waals surface area contributed by atoms with Crippen LogP contribution in [0.2, 0.25) is 0 Å². The fraction of sp³-hybridized carbons (Fsp3) is 0.391. The zero-order chi connectivity index (χ0) is 21.5. The third kappa shape index (κ3) is 5.49. The minimum atomic E-state index is -0.341. The summed E-state index contributed by atoms with van der Waals surface area (Å²) < 4.78 is 23.7. The molecule has 0 aromatic heterocycles. The fourth-order valence-corrected chi connectivity index (χ4v) is 3.65. The topological polar surface area (TPSA) is 67.9 Å². The molecule has 1 N–H and O–H groups in total. The van der Waals surface area contributed by atoms with E-state index >= 15 is 0 Å². The Kier molecular flexibility index (Phi) is 7.27. The lowest BCUT2D eigenvalue weighted by atomic mass is 9.96. The lowest BCUT2D eigenvalue weighted by molar-refractivity contribution is -0.120. The third-order valence-corrected chi connectivity index (χ3v) is 5.37. The number of hydrogen-bond donors (Lipinski definition) is 1. The summed E-state index contributed by atoms with van der Waals surface area (Å²) in [5, 5.41) is 2.93. The van der Waals surface area contributed by atoms with Gasteiger partial charge in [-0.3, -0.25) is 9.59 Å². The Bertz CT molecular complexity index is 895. The summed E-state index contributed by atoms with van der Waals surface area (Å²) in [5.74, 6) is 0.928. The van der Waals surface area contributed by atoms with Crippen molar-refractivity contribution in [3.63, 3.8) is 0 Å². The minimum Gasteiger partial charge on any atom is -0.493 e. The van der Waals surface area contributed by atoms with Crippen LogP contribution in [-0.4, -0.2) is 50.6 Å². The molecule has 160 valence electrons. The van der Waals surface area contributed by atoms with E-state index in [0.29, 0.717) is 48.2 Å². The largest absolute Gasteiger partial charge is 0.493 e. The van der Waals surface area contributed by atoms with Crippen molar-refractivity contribution in [2.45, 2.75) is 19.3 Å². The normalized spacial score (nSPS) is 14.3. The monoisotopic (exact) mass is 414 g/mol. The molecule has 2 aromatic rings. The first-order valence-corrected chi connectivity index (χ1v) is 10.0. The van der Waals surface area contributed by atoms with Gasteiger partial charge in [-0.05, 0) is 54.7 Å². The van der Waals surface area contributed by atoms with Crippen LogP contribution in [0.5, 0.6) is 11.5 Å². The number of nitrogens with one attached hydrogen (secondary N) is 1. The van der Waals surface area contributed by atoms with E-state index in [2.05, 4.69) is 5.32 Å². The van der Waals surface area contributed by atoms with Crippen LogP contribution < -0.4 is 14.8 Å². The lowest BCUT2D eigenvalue weighted by Crippen LogP contribution is -2.41. The summed E-state index contributed by atoms with van der Waals surface area (Å²) in [4.78, 5) is 26.7. The quantitative estimate of drug-likeness (QED) is 0.756. The first-order chi connectivity index (χ1) is 14.5. The number of ether oxygens (including phenoxy) is 2. The minimum absolute atomic E-state index is 0.0375. The predicted molar refractivity (Wildman–Crippen MR) is 111 cm³/mol. The van der Waals surface area contributed by atoms with E-state index in [0.717, 1.165) is 12.8 Å². The molecular formula is C23H27FN2O4. The summed E-state index contributed by atoms with van der Waals surface area (Å²) in [6.45, 7) is 1.84. The predicted octanol–water partition coefficient (Wildman–Crippen LogP) is 3.05. The van der Waals surface area contributed by atoms with Crippen LogP contribution >= 0.6 is 0 Å². The van der Waals surface area contributed by atoms with E-state index in [1.807, 2.05) is 4.90 Å². The second-order valence-electron chi connectivity index (χ2n) is 7.42. The van der Waals surface area contributed by atoms with Crippen LogP contribution in [0.3, 0.4) is 0 Å². The first-order valence-electron chi connectivity index (χ1n) is 10.0. The van der Waals surface area contributed by atoms with Crippen LogP contribution in [0, 0.1) is 11.7 Å². The van der Waals surface area contributed by atoms with E-state index in [4.69, 9.17) is 9.47 Å². The third-order valence-electron chi connectivity index (χ3n) is 5.37. The van der Waals surface area contributed by atoms with Crippen molar-refractivity contribution < 1.29 is 23.5 Å². The fourth-order valence-electron chi connectivity index (χ4n) is 3.65. The number of hydrogen-bond acceptors (Lipinski definition) is 4. The maximum Gasteiger partial charge on any atom is 0.253 e. The molecule has 0 saturated carbocycles. The van der Waals surface area contributed by atoms with Crippen LogP contribution in [0.25, 0.3) is 0 Å². The molecule has 1 aliphatic rings. The van der Waals surface area contributed by atoms with Crippen LogP contribution in [0.15, 0.2) is 42.5 Å².